The van der Waals surface area contributed by atoms with Gasteiger partial charge in [0.25, 0.3) is 0 Å². The molecule has 94 valence electrons. The van der Waals surface area contributed by atoms with Gasteiger partial charge in [-0.2, -0.15) is 0 Å². The van der Waals surface area contributed by atoms with Crippen LogP contribution in [0.2, 0.25) is 0 Å². The fourth-order valence-electron chi connectivity index (χ4n) is 1.84. The Morgan fingerprint density at radius 2 is 1.44 bits per heavy atom. The summed E-state index contributed by atoms with van der Waals surface area (Å²) in [4.78, 5) is 27.6. The molecule has 0 aliphatic carbocycles. The quantitative estimate of drug-likeness (QED) is 0.569. The van der Waals surface area contributed by atoms with Crippen LogP contribution < -0.4 is 0 Å². The first-order chi connectivity index (χ1) is 8.65. The molecule has 0 radical (unpaired) electrons. The summed E-state index contributed by atoms with van der Waals surface area (Å²) in [6.45, 7) is 3.74. The molecule has 0 bridgehead atoms. The Morgan fingerprint density at radius 3 is 1.83 bits per heavy atom. The summed E-state index contributed by atoms with van der Waals surface area (Å²) < 4.78 is 0. The molecule has 2 atom stereocenters. The van der Waals surface area contributed by atoms with Gasteiger partial charge in [-0.05, 0) is 37.8 Å². The molecule has 18 heavy (non-hydrogen) atoms. The summed E-state index contributed by atoms with van der Waals surface area (Å²) in [5, 5.41) is 0. The second-order valence-corrected chi connectivity index (χ2v) is 4.37. The highest BCUT2D eigenvalue weighted by atomic mass is 16.1. The smallest absolute Gasteiger partial charge is 0.211 e. The minimum absolute atomic E-state index is 0.0665. The van der Waals surface area contributed by atoms with Gasteiger partial charge in [0, 0.05) is 0 Å². The van der Waals surface area contributed by atoms with Crippen LogP contribution in [0.25, 0.3) is 0 Å². The van der Waals surface area contributed by atoms with E-state index in [4.69, 9.17) is 0 Å². The lowest BCUT2D eigenvalue weighted by molar-refractivity contribution is 0.557. The van der Waals surface area contributed by atoms with E-state index in [-0.39, 0.29) is 12.1 Å². The number of nitrogens with zero attached hydrogens (tertiary/aromatic N) is 2. The van der Waals surface area contributed by atoms with Crippen LogP contribution in [0.5, 0.6) is 0 Å². The number of hydrogen-bond acceptors (Lipinski definition) is 4. The fraction of sp³-hybridized carbons (Fsp3) is 0.429. The Morgan fingerprint density at radius 1 is 1.00 bits per heavy atom. The Kier molecular flexibility index (Phi) is 5.72. The molecule has 0 N–H and O–H groups in total. The molecule has 0 heterocycles. The molecule has 0 saturated carbocycles. The number of carbonyl (C=O) groups excluding carboxylic acids is 2. The zero-order chi connectivity index (χ0) is 13.4. The number of aliphatic imine (C=N–C) groups is 2. The molecule has 1 aromatic carbocycles. The van der Waals surface area contributed by atoms with Gasteiger partial charge in [-0.25, -0.2) is 19.6 Å². The van der Waals surface area contributed by atoms with E-state index in [1.54, 1.807) is 12.2 Å². The van der Waals surface area contributed by atoms with Gasteiger partial charge in [0.1, 0.15) is 0 Å². The Bertz CT molecular complexity index is 445. The van der Waals surface area contributed by atoms with E-state index in [9.17, 15) is 9.59 Å². The van der Waals surface area contributed by atoms with E-state index < -0.39 is 0 Å². The molecule has 0 saturated heterocycles. The summed E-state index contributed by atoms with van der Waals surface area (Å²) in [6, 6.07) is 7.86. The monoisotopic (exact) mass is 244 g/mol. The number of isocyanates is 2. The molecule has 1 aromatic rings. The van der Waals surface area contributed by atoms with Gasteiger partial charge in [-0.1, -0.05) is 24.3 Å². The van der Waals surface area contributed by atoms with E-state index >= 15 is 0 Å². The number of benzene rings is 1. The van der Waals surface area contributed by atoms with Crippen LogP contribution in [-0.4, -0.2) is 24.2 Å². The molecule has 4 nitrogen and oxygen atoms in total. The summed E-state index contributed by atoms with van der Waals surface area (Å²) in [5.74, 6) is 0. The molecule has 0 aliphatic rings. The molecule has 0 amide bonds. The van der Waals surface area contributed by atoms with Crippen LogP contribution in [0.1, 0.15) is 25.0 Å². The van der Waals surface area contributed by atoms with Crippen molar-refractivity contribution >= 4 is 12.2 Å². The largest absolute Gasteiger partial charge is 0.235 e. The molecule has 2 unspecified atom stereocenters. The predicted molar refractivity (Wildman–Crippen MR) is 69.0 cm³/mol. The minimum Gasteiger partial charge on any atom is -0.211 e. The lowest BCUT2D eigenvalue weighted by atomic mass is 10.0. The molecule has 4 heteroatoms. The second kappa shape index (κ2) is 7.33. The minimum atomic E-state index is -0.0665. The predicted octanol–water partition coefficient (Wildman–Crippen LogP) is 2.22. The first-order valence-electron chi connectivity index (χ1n) is 5.87. The zero-order valence-electron chi connectivity index (χ0n) is 10.6. The molecular weight excluding hydrogens is 228 g/mol. The highest BCUT2D eigenvalue weighted by Crippen LogP contribution is 2.11. The molecule has 0 spiro atoms. The van der Waals surface area contributed by atoms with Crippen LogP contribution in [-0.2, 0) is 22.4 Å². The number of rotatable bonds is 6. The topological polar surface area (TPSA) is 58.9 Å². The van der Waals surface area contributed by atoms with Crippen molar-refractivity contribution in [3.63, 3.8) is 0 Å². The van der Waals surface area contributed by atoms with Crippen molar-refractivity contribution in [2.45, 2.75) is 38.8 Å². The van der Waals surface area contributed by atoms with E-state index in [2.05, 4.69) is 9.98 Å². The second-order valence-electron chi connectivity index (χ2n) is 4.37. The third-order valence-electron chi connectivity index (χ3n) is 2.60. The van der Waals surface area contributed by atoms with E-state index in [1.807, 2.05) is 38.1 Å². The summed E-state index contributed by atoms with van der Waals surface area (Å²) in [7, 11) is 0. The maximum Gasteiger partial charge on any atom is 0.235 e. The van der Waals surface area contributed by atoms with Crippen molar-refractivity contribution in [2.75, 3.05) is 0 Å². The van der Waals surface area contributed by atoms with Crippen LogP contribution in [0.4, 0.5) is 0 Å². The van der Waals surface area contributed by atoms with Gasteiger partial charge < -0.3 is 0 Å². The average molecular weight is 244 g/mol. The van der Waals surface area contributed by atoms with Gasteiger partial charge in [0.15, 0.2) is 0 Å². The summed E-state index contributed by atoms with van der Waals surface area (Å²) in [5.41, 5.74) is 2.22. The van der Waals surface area contributed by atoms with Crippen molar-refractivity contribution in [3.05, 3.63) is 35.4 Å². The van der Waals surface area contributed by atoms with Crippen molar-refractivity contribution in [1.82, 2.24) is 0 Å². The van der Waals surface area contributed by atoms with Crippen LogP contribution in [0.3, 0.4) is 0 Å². The molecule has 0 aromatic heterocycles. The first-order valence-corrected chi connectivity index (χ1v) is 5.87. The Hall–Kier alpha value is -2.02. The zero-order valence-corrected chi connectivity index (χ0v) is 10.6. The highest BCUT2D eigenvalue weighted by Gasteiger charge is 2.05. The maximum atomic E-state index is 10.1. The van der Waals surface area contributed by atoms with Gasteiger partial charge in [-0.3, -0.25) is 0 Å². The summed E-state index contributed by atoms with van der Waals surface area (Å²) >= 11 is 0. The molecule has 0 aliphatic heterocycles. The normalized spacial score (nSPS) is 13.0. The van der Waals surface area contributed by atoms with Crippen molar-refractivity contribution in [1.29, 1.82) is 0 Å². The third-order valence-corrected chi connectivity index (χ3v) is 2.60. The average Bonchev–Trinajstić information content (AvgIpc) is 2.29. The molecule has 0 fully saturated rings. The van der Waals surface area contributed by atoms with Crippen molar-refractivity contribution < 1.29 is 9.59 Å². The van der Waals surface area contributed by atoms with E-state index in [0.717, 1.165) is 11.1 Å². The fourth-order valence-corrected chi connectivity index (χ4v) is 1.84. The van der Waals surface area contributed by atoms with Gasteiger partial charge in [0.2, 0.25) is 12.2 Å². The van der Waals surface area contributed by atoms with E-state index in [1.165, 1.54) is 0 Å². The van der Waals surface area contributed by atoms with Gasteiger partial charge >= 0.3 is 0 Å². The van der Waals surface area contributed by atoms with E-state index in [0.29, 0.717) is 12.8 Å². The number of hydrogen-bond donors (Lipinski definition) is 0. The lowest BCUT2D eigenvalue weighted by Crippen LogP contribution is -2.05. The highest BCUT2D eigenvalue weighted by molar-refractivity contribution is 5.35. The lowest BCUT2D eigenvalue weighted by Gasteiger charge is -2.08. The van der Waals surface area contributed by atoms with Crippen LogP contribution in [0, 0.1) is 0 Å². The molecule has 1 rings (SSSR count). The third kappa shape index (κ3) is 4.88. The van der Waals surface area contributed by atoms with Crippen molar-refractivity contribution in [3.8, 4) is 0 Å². The first kappa shape index (κ1) is 14.0. The SMILES string of the molecule is CC(Cc1cccc(CC(C)N=C=O)c1)N=C=O. The van der Waals surface area contributed by atoms with Gasteiger partial charge in [0.05, 0.1) is 12.1 Å². The van der Waals surface area contributed by atoms with Gasteiger partial charge in [-0.15, -0.1) is 0 Å². The van der Waals surface area contributed by atoms with Crippen LogP contribution in [0.15, 0.2) is 34.3 Å². The van der Waals surface area contributed by atoms with Crippen LogP contribution >= 0.6 is 0 Å². The Balaban J connectivity index is 2.72. The van der Waals surface area contributed by atoms with Crippen molar-refractivity contribution in [2.24, 2.45) is 9.98 Å². The summed E-state index contributed by atoms with van der Waals surface area (Å²) in [6.07, 6.45) is 4.54. The Labute approximate surface area is 106 Å². The maximum absolute atomic E-state index is 10.1. The molecular formula is C14H16N2O2. The standard InChI is InChI=1S/C14H16N2O2/c1-11(15-9-17)6-13-4-3-5-14(8-13)7-12(2)16-10-18/h3-5,8,11-12H,6-7H2,1-2H3.